The summed E-state index contributed by atoms with van der Waals surface area (Å²) in [7, 11) is 1.74. The van der Waals surface area contributed by atoms with E-state index in [1.807, 2.05) is 0 Å². The first-order valence-corrected chi connectivity index (χ1v) is 7.09. The van der Waals surface area contributed by atoms with Crippen LogP contribution in [0.5, 0.6) is 0 Å². The fourth-order valence-corrected chi connectivity index (χ4v) is 3.72. The fraction of sp³-hybridized carbons (Fsp3) is 0.500. The van der Waals surface area contributed by atoms with Crippen molar-refractivity contribution >= 4 is 17.7 Å². The van der Waals surface area contributed by atoms with Gasteiger partial charge in [0.2, 0.25) is 0 Å². The summed E-state index contributed by atoms with van der Waals surface area (Å²) in [4.78, 5) is 12.6. The lowest BCUT2D eigenvalue weighted by atomic mass is 9.99. The summed E-state index contributed by atoms with van der Waals surface area (Å²) in [6, 6.07) is 8.42. The van der Waals surface area contributed by atoms with Gasteiger partial charge in [-0.05, 0) is 45.4 Å². The van der Waals surface area contributed by atoms with E-state index in [2.05, 4.69) is 36.5 Å². The average Bonchev–Trinajstić information content (AvgIpc) is 2.77. The number of carboxylic acid groups (broad SMARTS) is 1. The van der Waals surface area contributed by atoms with Crippen molar-refractivity contribution in [1.29, 1.82) is 0 Å². The first-order chi connectivity index (χ1) is 8.55. The van der Waals surface area contributed by atoms with E-state index in [-0.39, 0.29) is 0 Å². The van der Waals surface area contributed by atoms with Gasteiger partial charge in [-0.1, -0.05) is 17.7 Å². The topological polar surface area (TPSA) is 49.3 Å². The molecule has 0 heterocycles. The van der Waals surface area contributed by atoms with E-state index in [1.165, 1.54) is 10.5 Å². The van der Waals surface area contributed by atoms with E-state index in [4.69, 9.17) is 0 Å². The van der Waals surface area contributed by atoms with Crippen LogP contribution < -0.4 is 5.32 Å². The molecule has 0 radical (unpaired) electrons. The van der Waals surface area contributed by atoms with Crippen molar-refractivity contribution in [3.63, 3.8) is 0 Å². The summed E-state index contributed by atoms with van der Waals surface area (Å²) in [5.41, 5.74) is 0.531. The number of thioether (sulfide) groups is 1. The molecule has 1 saturated carbocycles. The van der Waals surface area contributed by atoms with Crippen molar-refractivity contribution in [2.45, 2.75) is 41.9 Å². The lowest BCUT2D eigenvalue weighted by Gasteiger charge is -2.23. The molecule has 3 nitrogen and oxygen atoms in total. The van der Waals surface area contributed by atoms with Crippen molar-refractivity contribution < 1.29 is 9.90 Å². The molecule has 0 amide bonds. The average molecular weight is 265 g/mol. The Morgan fingerprint density at radius 2 is 2.11 bits per heavy atom. The number of nitrogens with one attached hydrogen (secondary N) is 1. The van der Waals surface area contributed by atoms with Gasteiger partial charge in [0.1, 0.15) is 5.54 Å². The normalized spacial score (nSPS) is 27.3. The molecule has 2 atom stereocenters. The Morgan fingerprint density at radius 1 is 1.44 bits per heavy atom. The van der Waals surface area contributed by atoms with Gasteiger partial charge in [-0.15, -0.1) is 11.8 Å². The third-order valence-corrected chi connectivity index (χ3v) is 4.96. The zero-order valence-electron chi connectivity index (χ0n) is 10.8. The van der Waals surface area contributed by atoms with Gasteiger partial charge < -0.3 is 10.4 Å². The number of hydrogen-bond acceptors (Lipinski definition) is 3. The van der Waals surface area contributed by atoms with Crippen LogP contribution in [0.2, 0.25) is 0 Å². The molecule has 1 fully saturated rings. The highest BCUT2D eigenvalue weighted by molar-refractivity contribution is 8.00. The molecule has 1 aliphatic rings. The Hall–Kier alpha value is -1.00. The third kappa shape index (κ3) is 2.70. The highest BCUT2D eigenvalue weighted by Crippen LogP contribution is 2.40. The zero-order chi connectivity index (χ0) is 13.2. The molecule has 1 aromatic rings. The lowest BCUT2D eigenvalue weighted by Crippen LogP contribution is -2.48. The third-order valence-electron chi connectivity index (χ3n) is 3.68. The van der Waals surface area contributed by atoms with Crippen LogP contribution in [0.3, 0.4) is 0 Å². The summed E-state index contributed by atoms with van der Waals surface area (Å²) in [6.07, 6.45) is 2.35. The number of aryl methyl sites for hydroxylation is 1. The van der Waals surface area contributed by atoms with Crippen LogP contribution in [0.25, 0.3) is 0 Å². The molecule has 0 spiro atoms. The second-order valence-electron chi connectivity index (χ2n) is 4.93. The molecule has 1 aromatic carbocycles. The fourth-order valence-electron chi connectivity index (χ4n) is 2.44. The van der Waals surface area contributed by atoms with Crippen LogP contribution in [0.15, 0.2) is 29.2 Å². The maximum Gasteiger partial charge on any atom is 0.323 e. The van der Waals surface area contributed by atoms with E-state index in [9.17, 15) is 9.90 Å². The predicted octanol–water partition coefficient (Wildman–Crippen LogP) is 2.68. The minimum Gasteiger partial charge on any atom is -0.480 e. The molecule has 2 rings (SSSR count). The minimum absolute atomic E-state index is 0.385. The highest BCUT2D eigenvalue weighted by Gasteiger charge is 2.44. The molecule has 0 aromatic heterocycles. The number of aliphatic carboxylic acids is 1. The molecular weight excluding hydrogens is 246 g/mol. The molecule has 18 heavy (non-hydrogen) atoms. The standard InChI is InChI=1S/C14H19NO2S/c1-10-3-5-11(6-4-10)18-12-7-8-14(9-12,15-2)13(16)17/h3-6,12,15H,7-9H2,1-2H3,(H,16,17). The van der Waals surface area contributed by atoms with Crippen molar-refractivity contribution in [2.24, 2.45) is 0 Å². The molecule has 2 N–H and O–H groups in total. The summed E-state index contributed by atoms with van der Waals surface area (Å²) in [5.74, 6) is -0.725. The summed E-state index contributed by atoms with van der Waals surface area (Å²) >= 11 is 1.79. The van der Waals surface area contributed by atoms with E-state index >= 15 is 0 Å². The Kier molecular flexibility index (Phi) is 3.97. The predicted molar refractivity (Wildman–Crippen MR) is 74.1 cm³/mol. The summed E-state index contributed by atoms with van der Waals surface area (Å²) in [6.45, 7) is 2.07. The first kappa shape index (κ1) is 13.4. The Labute approximate surface area is 112 Å². The van der Waals surface area contributed by atoms with E-state index in [1.54, 1.807) is 18.8 Å². The largest absolute Gasteiger partial charge is 0.480 e. The molecule has 1 aliphatic carbocycles. The van der Waals surface area contributed by atoms with Crippen molar-refractivity contribution in [3.05, 3.63) is 29.8 Å². The molecule has 0 saturated heterocycles. The molecule has 2 unspecified atom stereocenters. The molecule has 0 aliphatic heterocycles. The quantitative estimate of drug-likeness (QED) is 0.879. The number of benzene rings is 1. The second kappa shape index (κ2) is 5.33. The van der Waals surface area contributed by atoms with Gasteiger partial charge in [0.25, 0.3) is 0 Å². The van der Waals surface area contributed by atoms with Gasteiger partial charge in [-0.3, -0.25) is 4.79 Å². The van der Waals surface area contributed by atoms with Gasteiger partial charge in [0, 0.05) is 10.1 Å². The number of carboxylic acids is 1. The van der Waals surface area contributed by atoms with Crippen LogP contribution >= 0.6 is 11.8 Å². The minimum atomic E-state index is -0.725. The van der Waals surface area contributed by atoms with Crippen LogP contribution in [0.1, 0.15) is 24.8 Å². The lowest BCUT2D eigenvalue weighted by molar-refractivity contribution is -0.144. The zero-order valence-corrected chi connectivity index (χ0v) is 11.6. The SMILES string of the molecule is CNC1(C(=O)O)CCC(Sc2ccc(C)cc2)C1. The van der Waals surface area contributed by atoms with Crippen LogP contribution in [-0.4, -0.2) is 28.9 Å². The molecule has 98 valence electrons. The van der Waals surface area contributed by atoms with Crippen LogP contribution in [0, 0.1) is 6.92 Å². The number of hydrogen-bond donors (Lipinski definition) is 2. The Morgan fingerprint density at radius 3 is 2.61 bits per heavy atom. The number of likely N-dealkylation sites (N-methyl/N-ethyl adjacent to an activating group) is 1. The van der Waals surface area contributed by atoms with Crippen molar-refractivity contribution in [3.8, 4) is 0 Å². The summed E-state index contributed by atoms with van der Waals surface area (Å²) < 4.78 is 0. The molecule has 4 heteroatoms. The van der Waals surface area contributed by atoms with Gasteiger partial charge in [-0.25, -0.2) is 0 Å². The maximum absolute atomic E-state index is 11.3. The highest BCUT2D eigenvalue weighted by atomic mass is 32.2. The Balaban J connectivity index is 2.01. The van der Waals surface area contributed by atoms with Gasteiger partial charge in [0.15, 0.2) is 0 Å². The maximum atomic E-state index is 11.3. The smallest absolute Gasteiger partial charge is 0.323 e. The Bertz CT molecular complexity index is 432. The first-order valence-electron chi connectivity index (χ1n) is 6.21. The molecule has 0 bridgehead atoms. The van der Waals surface area contributed by atoms with Crippen LogP contribution in [-0.2, 0) is 4.79 Å². The molecular formula is C14H19NO2S. The summed E-state index contributed by atoms with van der Waals surface area (Å²) in [5, 5.41) is 12.7. The van der Waals surface area contributed by atoms with E-state index in [0.717, 1.165) is 6.42 Å². The monoisotopic (exact) mass is 265 g/mol. The van der Waals surface area contributed by atoms with Gasteiger partial charge >= 0.3 is 5.97 Å². The van der Waals surface area contributed by atoms with Gasteiger partial charge in [0.05, 0.1) is 0 Å². The second-order valence-corrected chi connectivity index (χ2v) is 6.31. The van der Waals surface area contributed by atoms with Crippen LogP contribution in [0.4, 0.5) is 0 Å². The van der Waals surface area contributed by atoms with E-state index in [0.29, 0.717) is 18.1 Å². The number of rotatable bonds is 4. The van der Waals surface area contributed by atoms with E-state index < -0.39 is 11.5 Å². The van der Waals surface area contributed by atoms with Gasteiger partial charge in [-0.2, -0.15) is 0 Å². The van der Waals surface area contributed by atoms with Crippen molar-refractivity contribution in [1.82, 2.24) is 5.32 Å². The van der Waals surface area contributed by atoms with Crippen molar-refractivity contribution in [2.75, 3.05) is 7.05 Å². The number of carbonyl (C=O) groups is 1.